The average molecular weight is 492 g/mol. The van der Waals surface area contributed by atoms with E-state index in [0.29, 0.717) is 18.8 Å². The average Bonchev–Trinajstić information content (AvgIpc) is 3.19. The van der Waals surface area contributed by atoms with Gasteiger partial charge in [-0.1, -0.05) is 52.0 Å². The number of aliphatic hydroxyl groups is 2. The van der Waals surface area contributed by atoms with Crippen molar-refractivity contribution in [1.82, 2.24) is 4.98 Å². The minimum absolute atomic E-state index is 0.0355. The minimum atomic E-state index is -1.07. The number of nitrogens with zero attached hydrogens (tertiary/aromatic N) is 1. The molecule has 0 bridgehead atoms. The van der Waals surface area contributed by atoms with Crippen molar-refractivity contribution in [3.63, 3.8) is 0 Å². The Bertz CT molecular complexity index is 868. The molecule has 0 radical (unpaired) electrons. The van der Waals surface area contributed by atoms with Gasteiger partial charge in [0.15, 0.2) is 0 Å². The van der Waals surface area contributed by atoms with Crippen LogP contribution < -0.4 is 0 Å². The van der Waals surface area contributed by atoms with Crippen molar-refractivity contribution in [3.05, 3.63) is 46.0 Å². The lowest BCUT2D eigenvalue weighted by atomic mass is 9.74. The molecule has 34 heavy (non-hydrogen) atoms. The Hall–Kier alpha value is -2.09. The normalized spacial score (nSPS) is 27.3. The third-order valence-electron chi connectivity index (χ3n) is 5.85. The Balaban J connectivity index is 0.000000533. The van der Waals surface area contributed by atoms with Crippen molar-refractivity contribution in [1.29, 1.82) is 0 Å². The van der Waals surface area contributed by atoms with Crippen LogP contribution in [-0.4, -0.2) is 46.3 Å². The number of aliphatic hydroxyl groups excluding tert-OH is 2. The second kappa shape index (κ2) is 15.0. The number of rotatable bonds is 2. The fourth-order valence-electron chi connectivity index (χ4n) is 3.76. The summed E-state index contributed by atoms with van der Waals surface area (Å²) in [6, 6.07) is 0. The number of ketones is 1. The van der Waals surface area contributed by atoms with Crippen LogP contribution in [0.1, 0.15) is 71.0 Å². The molecule has 0 aliphatic carbocycles. The standard InChI is InChI=1S/C20H32O5.C7H9NS/c1-14-7-5-8-16(13-21)9-6-10-25-18(23)12-17(22)20(3,4)19(24)15(2)11-14;1-3-4-7-5-9-6(2)8-7/h5,8-9,14-15,17,21-22H,6-7,10-13H2,1-4H3;3-5H,1-2H3/b8-5+,16-9+;4-3-. The lowest BCUT2D eigenvalue weighted by Gasteiger charge is -2.32. The van der Waals surface area contributed by atoms with Gasteiger partial charge in [-0.05, 0) is 44.3 Å². The zero-order valence-electron chi connectivity index (χ0n) is 21.4. The summed E-state index contributed by atoms with van der Waals surface area (Å²) in [5.74, 6) is -0.451. The van der Waals surface area contributed by atoms with Crippen molar-refractivity contribution >= 4 is 29.2 Å². The van der Waals surface area contributed by atoms with Crippen molar-refractivity contribution < 1.29 is 24.5 Å². The second-order valence-electron chi connectivity index (χ2n) is 9.42. The molecule has 0 aromatic carbocycles. The molecule has 1 aromatic heterocycles. The van der Waals surface area contributed by atoms with E-state index in [9.17, 15) is 19.8 Å². The quantitative estimate of drug-likeness (QED) is 0.546. The molecule has 2 N–H and O–H groups in total. The molecule has 0 saturated carbocycles. The molecule has 2 rings (SSSR count). The van der Waals surface area contributed by atoms with E-state index in [2.05, 4.69) is 17.3 Å². The van der Waals surface area contributed by atoms with Gasteiger partial charge in [-0.3, -0.25) is 9.59 Å². The van der Waals surface area contributed by atoms with Crippen LogP contribution in [0.3, 0.4) is 0 Å². The lowest BCUT2D eigenvalue weighted by Crippen LogP contribution is -2.42. The maximum atomic E-state index is 12.7. The molecule has 190 valence electrons. The van der Waals surface area contributed by atoms with Crippen LogP contribution in [0.15, 0.2) is 35.3 Å². The van der Waals surface area contributed by atoms with Crippen LogP contribution in [0.4, 0.5) is 0 Å². The van der Waals surface area contributed by atoms with E-state index in [0.717, 1.165) is 22.7 Å². The first-order valence-electron chi connectivity index (χ1n) is 11.9. The Morgan fingerprint density at radius 2 is 2.00 bits per heavy atom. The number of carbonyl (C=O) groups excluding carboxylic acids is 2. The number of ether oxygens (including phenoxy) is 1. The first kappa shape index (κ1) is 29.9. The number of allylic oxidation sites excluding steroid dienone is 2. The maximum absolute atomic E-state index is 12.7. The van der Waals surface area contributed by atoms with Crippen LogP contribution in [-0.2, 0) is 14.3 Å². The molecule has 0 spiro atoms. The summed E-state index contributed by atoms with van der Waals surface area (Å²) in [7, 11) is 0. The number of Topliss-reactive ketones (excluding diaryl/α,β-unsaturated/α-hetero) is 1. The number of aryl methyl sites for hydroxylation is 1. The molecule has 1 aliphatic rings. The van der Waals surface area contributed by atoms with Gasteiger partial charge in [-0.25, -0.2) is 4.98 Å². The highest BCUT2D eigenvalue weighted by Crippen LogP contribution is 2.31. The van der Waals surface area contributed by atoms with Gasteiger partial charge < -0.3 is 14.9 Å². The first-order chi connectivity index (χ1) is 16.0. The Labute approximate surface area is 208 Å². The van der Waals surface area contributed by atoms with Gasteiger partial charge in [-0.2, -0.15) is 0 Å². The summed E-state index contributed by atoms with van der Waals surface area (Å²) in [6.45, 7) is 11.5. The smallest absolute Gasteiger partial charge is 0.308 e. The van der Waals surface area contributed by atoms with E-state index >= 15 is 0 Å². The zero-order valence-corrected chi connectivity index (χ0v) is 22.2. The number of carbonyl (C=O) groups is 2. The van der Waals surface area contributed by atoms with Gasteiger partial charge in [-0.15, -0.1) is 11.3 Å². The van der Waals surface area contributed by atoms with Crippen LogP contribution in [0.5, 0.6) is 0 Å². The van der Waals surface area contributed by atoms with Crippen molar-refractivity contribution in [3.8, 4) is 0 Å². The van der Waals surface area contributed by atoms with Crippen LogP contribution in [0.2, 0.25) is 0 Å². The summed E-state index contributed by atoms with van der Waals surface area (Å²) < 4.78 is 5.12. The summed E-state index contributed by atoms with van der Waals surface area (Å²) in [5, 5.41) is 22.9. The first-order valence-corrected chi connectivity index (χ1v) is 12.8. The minimum Gasteiger partial charge on any atom is -0.465 e. The van der Waals surface area contributed by atoms with E-state index < -0.39 is 17.5 Å². The molecule has 3 atom stereocenters. The fraction of sp³-hybridized carbons (Fsp3) is 0.593. The molecule has 2 heterocycles. The van der Waals surface area contributed by atoms with Crippen LogP contribution >= 0.6 is 11.3 Å². The predicted octanol–water partition coefficient (Wildman–Crippen LogP) is 5.29. The molecule has 3 unspecified atom stereocenters. The number of aromatic nitrogens is 1. The molecule has 0 fully saturated rings. The number of cyclic esters (lactones) is 1. The van der Waals surface area contributed by atoms with Gasteiger partial charge in [0.25, 0.3) is 0 Å². The predicted molar refractivity (Wildman–Crippen MR) is 138 cm³/mol. The Morgan fingerprint density at radius 3 is 2.59 bits per heavy atom. The van der Waals surface area contributed by atoms with E-state index in [1.54, 1.807) is 25.2 Å². The van der Waals surface area contributed by atoms with E-state index in [-0.39, 0.29) is 31.3 Å². The van der Waals surface area contributed by atoms with Gasteiger partial charge in [0.2, 0.25) is 0 Å². The molecule has 7 heteroatoms. The second-order valence-corrected chi connectivity index (χ2v) is 10.5. The number of esters is 1. The van der Waals surface area contributed by atoms with E-state index in [4.69, 9.17) is 4.74 Å². The zero-order chi connectivity index (χ0) is 25.7. The maximum Gasteiger partial charge on any atom is 0.308 e. The molecule has 0 saturated heterocycles. The number of hydrogen-bond donors (Lipinski definition) is 2. The van der Waals surface area contributed by atoms with Crippen molar-refractivity contribution in [2.45, 2.75) is 73.3 Å². The van der Waals surface area contributed by atoms with Gasteiger partial charge >= 0.3 is 5.97 Å². The Kier molecular flexibility index (Phi) is 13.2. The highest BCUT2D eigenvalue weighted by Gasteiger charge is 2.39. The number of hydrogen-bond acceptors (Lipinski definition) is 7. The fourth-order valence-corrected chi connectivity index (χ4v) is 4.34. The monoisotopic (exact) mass is 491 g/mol. The van der Waals surface area contributed by atoms with Crippen molar-refractivity contribution in [2.24, 2.45) is 17.3 Å². The lowest BCUT2D eigenvalue weighted by molar-refractivity contribution is -0.150. The largest absolute Gasteiger partial charge is 0.465 e. The SMILES string of the molecule is C/C=C\c1csc(C)n1.CC1C/C=C/C(CO)=C\CCOC(=O)CC(O)C(C)(C)C(=O)C(C)C1. The summed E-state index contributed by atoms with van der Waals surface area (Å²) in [6.07, 6.45) is 10.5. The van der Waals surface area contributed by atoms with Gasteiger partial charge in [0.1, 0.15) is 5.78 Å². The van der Waals surface area contributed by atoms with E-state index in [1.165, 1.54) is 0 Å². The van der Waals surface area contributed by atoms with Gasteiger partial charge in [0, 0.05) is 17.7 Å². The molecular weight excluding hydrogens is 450 g/mol. The molecule has 0 amide bonds. The third kappa shape index (κ3) is 10.5. The van der Waals surface area contributed by atoms with Crippen LogP contribution in [0, 0.1) is 24.2 Å². The highest BCUT2D eigenvalue weighted by atomic mass is 32.1. The summed E-state index contributed by atoms with van der Waals surface area (Å²) in [4.78, 5) is 28.9. The topological polar surface area (TPSA) is 96.7 Å². The number of thiazole rings is 1. The molecule has 6 nitrogen and oxygen atoms in total. The molecule has 1 aromatic rings. The van der Waals surface area contributed by atoms with Crippen molar-refractivity contribution in [2.75, 3.05) is 13.2 Å². The summed E-state index contributed by atoms with van der Waals surface area (Å²) in [5.41, 5.74) is 0.857. The molecular formula is C27H41NO5S. The highest BCUT2D eigenvalue weighted by molar-refractivity contribution is 7.09. The van der Waals surface area contributed by atoms with E-state index in [1.807, 2.05) is 51.2 Å². The van der Waals surface area contributed by atoms with Gasteiger partial charge in [0.05, 0.1) is 41.9 Å². The summed E-state index contributed by atoms with van der Waals surface area (Å²) >= 11 is 1.68. The Morgan fingerprint density at radius 1 is 1.29 bits per heavy atom. The third-order valence-corrected chi connectivity index (χ3v) is 6.64. The molecule has 1 aliphatic heterocycles. The van der Waals surface area contributed by atoms with Crippen LogP contribution in [0.25, 0.3) is 6.08 Å².